The predicted molar refractivity (Wildman–Crippen MR) is 67.6 cm³/mol. The number of nitrogens with one attached hydrogen (secondary N) is 2. The monoisotopic (exact) mass is 245 g/mol. The third-order valence-corrected chi connectivity index (χ3v) is 2.71. The van der Waals surface area contributed by atoms with Crippen molar-refractivity contribution in [3.63, 3.8) is 0 Å². The van der Waals surface area contributed by atoms with Crippen LogP contribution < -0.4 is 16.4 Å². The fourth-order valence-corrected chi connectivity index (χ4v) is 1.55. The molecule has 0 spiro atoms. The summed E-state index contributed by atoms with van der Waals surface area (Å²) in [6.07, 6.45) is 3.47. The van der Waals surface area contributed by atoms with Gasteiger partial charge in [-0.2, -0.15) is 5.26 Å². The molecule has 94 valence electrons. The summed E-state index contributed by atoms with van der Waals surface area (Å²) in [6.45, 7) is 1.10. The lowest BCUT2D eigenvalue weighted by atomic mass is 10.3. The molecule has 1 fully saturated rings. The van der Waals surface area contributed by atoms with Gasteiger partial charge in [0.25, 0.3) is 0 Å². The first-order valence-electron chi connectivity index (χ1n) is 5.88. The van der Waals surface area contributed by atoms with Gasteiger partial charge in [-0.05, 0) is 18.9 Å². The van der Waals surface area contributed by atoms with Gasteiger partial charge in [0, 0.05) is 25.2 Å². The molecule has 2 rings (SSSR count). The van der Waals surface area contributed by atoms with E-state index in [4.69, 9.17) is 11.0 Å². The highest BCUT2D eigenvalue weighted by atomic mass is 16.2. The summed E-state index contributed by atoms with van der Waals surface area (Å²) in [5, 5.41) is 14.5. The van der Waals surface area contributed by atoms with Gasteiger partial charge < -0.3 is 16.4 Å². The summed E-state index contributed by atoms with van der Waals surface area (Å²) in [4.78, 5) is 15.4. The summed E-state index contributed by atoms with van der Waals surface area (Å²) in [5.41, 5.74) is 6.60. The van der Waals surface area contributed by atoms with E-state index in [1.807, 2.05) is 6.07 Å². The molecule has 18 heavy (non-hydrogen) atoms. The molecule has 4 N–H and O–H groups in total. The van der Waals surface area contributed by atoms with Crippen LogP contribution in [-0.4, -0.2) is 24.0 Å². The minimum absolute atomic E-state index is 0.123. The molecule has 0 unspecified atom stereocenters. The van der Waals surface area contributed by atoms with Gasteiger partial charge in [-0.1, -0.05) is 0 Å². The number of carbonyl (C=O) groups is 1. The van der Waals surface area contributed by atoms with Crippen LogP contribution >= 0.6 is 0 Å². The van der Waals surface area contributed by atoms with E-state index in [1.165, 1.54) is 6.20 Å². The molecule has 1 aromatic heterocycles. The molecule has 0 saturated heterocycles. The quantitative estimate of drug-likeness (QED) is 0.654. The Balaban J connectivity index is 1.76. The molecule has 1 aliphatic carbocycles. The highest BCUT2D eigenvalue weighted by Crippen LogP contribution is 2.28. The van der Waals surface area contributed by atoms with Gasteiger partial charge in [-0.3, -0.25) is 4.79 Å². The van der Waals surface area contributed by atoms with Crippen LogP contribution in [0.2, 0.25) is 0 Å². The van der Waals surface area contributed by atoms with Crippen molar-refractivity contribution in [3.05, 3.63) is 17.8 Å². The van der Waals surface area contributed by atoms with Crippen LogP contribution in [0.3, 0.4) is 0 Å². The molecule has 0 aromatic carbocycles. The Morgan fingerprint density at radius 3 is 2.94 bits per heavy atom. The molecule has 1 aliphatic rings. The van der Waals surface area contributed by atoms with E-state index in [9.17, 15) is 4.79 Å². The third-order valence-electron chi connectivity index (χ3n) is 2.71. The number of anilines is 2. The Morgan fingerprint density at radius 2 is 2.33 bits per heavy atom. The predicted octanol–water partition coefficient (Wildman–Crippen LogP) is 0.474. The van der Waals surface area contributed by atoms with Crippen LogP contribution in [-0.2, 0) is 4.79 Å². The summed E-state index contributed by atoms with van der Waals surface area (Å²) >= 11 is 0. The fraction of sp³-hybridized carbons (Fsp3) is 0.417. The minimum atomic E-state index is 0.123. The van der Waals surface area contributed by atoms with Crippen LogP contribution in [0.4, 0.5) is 11.5 Å². The Hall–Kier alpha value is -2.29. The van der Waals surface area contributed by atoms with E-state index in [0.29, 0.717) is 30.2 Å². The normalized spacial score (nSPS) is 13.7. The number of hydrogen-bond acceptors (Lipinski definition) is 5. The number of nitrogen functional groups attached to an aromatic ring is 1. The van der Waals surface area contributed by atoms with E-state index in [2.05, 4.69) is 15.6 Å². The van der Waals surface area contributed by atoms with Crippen molar-refractivity contribution in [2.75, 3.05) is 24.1 Å². The van der Waals surface area contributed by atoms with E-state index >= 15 is 0 Å². The van der Waals surface area contributed by atoms with Gasteiger partial charge in [-0.25, -0.2) is 4.98 Å². The van der Waals surface area contributed by atoms with Gasteiger partial charge in [-0.15, -0.1) is 0 Å². The maximum absolute atomic E-state index is 11.4. The zero-order chi connectivity index (χ0) is 13.0. The lowest BCUT2D eigenvalue weighted by Gasteiger charge is -2.09. The first-order chi connectivity index (χ1) is 8.70. The Kier molecular flexibility index (Phi) is 3.63. The first kappa shape index (κ1) is 12.2. The average molecular weight is 245 g/mol. The molecular formula is C12H15N5O. The van der Waals surface area contributed by atoms with Crippen LogP contribution in [0, 0.1) is 17.2 Å². The zero-order valence-corrected chi connectivity index (χ0v) is 9.94. The van der Waals surface area contributed by atoms with Crippen LogP contribution in [0.5, 0.6) is 0 Å². The largest absolute Gasteiger partial charge is 0.396 e. The lowest BCUT2D eigenvalue weighted by molar-refractivity contribution is -0.122. The number of pyridine rings is 1. The fourth-order valence-electron chi connectivity index (χ4n) is 1.55. The number of nitrogens with zero attached hydrogens (tertiary/aromatic N) is 2. The van der Waals surface area contributed by atoms with Crippen LogP contribution in [0.1, 0.15) is 18.4 Å². The second-order valence-corrected chi connectivity index (χ2v) is 4.27. The summed E-state index contributed by atoms with van der Waals surface area (Å²) in [6, 6.07) is 3.54. The molecule has 1 heterocycles. The van der Waals surface area contributed by atoms with Crippen molar-refractivity contribution < 1.29 is 4.79 Å². The molecular weight excluding hydrogens is 230 g/mol. The molecule has 6 heteroatoms. The van der Waals surface area contributed by atoms with E-state index in [1.54, 1.807) is 6.07 Å². The van der Waals surface area contributed by atoms with Crippen molar-refractivity contribution in [2.45, 2.75) is 12.8 Å². The molecule has 1 amide bonds. The third kappa shape index (κ3) is 3.10. The van der Waals surface area contributed by atoms with Crippen molar-refractivity contribution in [1.29, 1.82) is 5.26 Å². The van der Waals surface area contributed by atoms with Crippen molar-refractivity contribution in [3.8, 4) is 6.07 Å². The Bertz CT molecular complexity index is 490. The maximum Gasteiger partial charge on any atom is 0.223 e. The number of nitriles is 1. The summed E-state index contributed by atoms with van der Waals surface area (Å²) in [7, 11) is 0. The molecule has 0 radical (unpaired) electrons. The zero-order valence-electron chi connectivity index (χ0n) is 9.94. The molecule has 0 bridgehead atoms. The molecule has 6 nitrogen and oxygen atoms in total. The molecule has 0 aliphatic heterocycles. The first-order valence-corrected chi connectivity index (χ1v) is 5.88. The maximum atomic E-state index is 11.4. The Labute approximate surface area is 105 Å². The van der Waals surface area contributed by atoms with Gasteiger partial charge in [0.15, 0.2) is 0 Å². The number of hydrogen-bond donors (Lipinski definition) is 3. The second kappa shape index (κ2) is 5.36. The van der Waals surface area contributed by atoms with Crippen molar-refractivity contribution >= 4 is 17.4 Å². The Morgan fingerprint density at radius 1 is 1.56 bits per heavy atom. The second-order valence-electron chi connectivity index (χ2n) is 4.27. The molecule has 0 atom stereocenters. The average Bonchev–Trinajstić information content (AvgIpc) is 3.20. The number of nitrogens with two attached hydrogens (primary N) is 1. The molecule has 1 saturated carbocycles. The van der Waals surface area contributed by atoms with Crippen molar-refractivity contribution in [1.82, 2.24) is 10.3 Å². The minimum Gasteiger partial charge on any atom is -0.396 e. The highest BCUT2D eigenvalue weighted by Gasteiger charge is 2.28. The van der Waals surface area contributed by atoms with Crippen LogP contribution in [0.25, 0.3) is 0 Å². The summed E-state index contributed by atoms with van der Waals surface area (Å²) < 4.78 is 0. The topological polar surface area (TPSA) is 104 Å². The number of aromatic nitrogens is 1. The SMILES string of the molecule is N#Cc1cnc(NCCNC(=O)C2CC2)c(N)c1. The standard InChI is InChI=1S/C12H15N5O/c13-6-8-5-10(14)11(17-7-8)15-3-4-16-12(18)9-1-2-9/h5,7,9H,1-4,14H2,(H,15,17)(H,16,18). The lowest BCUT2D eigenvalue weighted by Crippen LogP contribution is -2.30. The molecule has 1 aromatic rings. The number of carbonyl (C=O) groups excluding carboxylic acids is 1. The van der Waals surface area contributed by atoms with Crippen LogP contribution in [0.15, 0.2) is 12.3 Å². The van der Waals surface area contributed by atoms with E-state index < -0.39 is 0 Å². The highest BCUT2D eigenvalue weighted by molar-refractivity contribution is 5.80. The van der Waals surface area contributed by atoms with Gasteiger partial charge in [0.1, 0.15) is 11.9 Å². The smallest absolute Gasteiger partial charge is 0.223 e. The number of rotatable bonds is 5. The van der Waals surface area contributed by atoms with Gasteiger partial charge in [0.05, 0.1) is 11.3 Å². The van der Waals surface area contributed by atoms with E-state index in [-0.39, 0.29) is 11.8 Å². The summed E-state index contributed by atoms with van der Waals surface area (Å²) in [5.74, 6) is 0.885. The number of amides is 1. The van der Waals surface area contributed by atoms with Gasteiger partial charge in [0.2, 0.25) is 5.91 Å². The van der Waals surface area contributed by atoms with Gasteiger partial charge >= 0.3 is 0 Å². The van der Waals surface area contributed by atoms with E-state index in [0.717, 1.165) is 12.8 Å². The van der Waals surface area contributed by atoms with Crippen molar-refractivity contribution in [2.24, 2.45) is 5.92 Å².